The fraction of sp³-hybridized carbons (Fsp3) is 0.292. The van der Waals surface area contributed by atoms with Crippen LogP contribution < -0.4 is 10.9 Å². The van der Waals surface area contributed by atoms with Crippen LogP contribution in [0.25, 0.3) is 21.7 Å². The van der Waals surface area contributed by atoms with Gasteiger partial charge in [-0.1, -0.05) is 49.2 Å². The zero-order chi connectivity index (χ0) is 20.5. The molecular weight excluding hydrogens is 376 g/mol. The van der Waals surface area contributed by atoms with Gasteiger partial charge in [-0.05, 0) is 30.5 Å². The number of para-hydroxylation sites is 1. The summed E-state index contributed by atoms with van der Waals surface area (Å²) >= 11 is 0. The second-order valence-corrected chi connectivity index (χ2v) is 7.99. The number of H-pyrrole nitrogens is 1. The minimum atomic E-state index is -0.0655. The monoisotopic (exact) mass is 400 g/mol. The summed E-state index contributed by atoms with van der Waals surface area (Å²) in [5.41, 5.74) is 2.70. The molecule has 5 rings (SSSR count). The fourth-order valence-electron chi connectivity index (χ4n) is 4.50. The van der Waals surface area contributed by atoms with E-state index in [1.807, 2.05) is 54.7 Å². The molecule has 2 N–H and O–H groups in total. The number of benzene rings is 2. The van der Waals surface area contributed by atoms with Crippen LogP contribution in [0, 0.1) is 0 Å². The fourth-order valence-corrected chi connectivity index (χ4v) is 4.50. The lowest BCUT2D eigenvalue weighted by Crippen LogP contribution is -2.30. The number of amides is 1. The first-order chi connectivity index (χ1) is 14.7. The molecule has 152 valence electrons. The molecular formula is C24H24N4O2. The van der Waals surface area contributed by atoms with Crippen LogP contribution in [-0.4, -0.2) is 20.7 Å². The number of hydrogen-bond acceptors (Lipinski definition) is 3. The van der Waals surface area contributed by atoms with Crippen molar-refractivity contribution in [1.29, 1.82) is 0 Å². The third-order valence-electron chi connectivity index (χ3n) is 6.05. The van der Waals surface area contributed by atoms with Crippen molar-refractivity contribution in [2.75, 3.05) is 0 Å². The third kappa shape index (κ3) is 3.38. The van der Waals surface area contributed by atoms with Gasteiger partial charge >= 0.3 is 0 Å². The largest absolute Gasteiger partial charge is 0.361 e. The van der Waals surface area contributed by atoms with E-state index in [9.17, 15) is 9.59 Å². The van der Waals surface area contributed by atoms with E-state index in [1.165, 1.54) is 0 Å². The molecule has 1 aliphatic carbocycles. The maximum absolute atomic E-state index is 13.0. The molecule has 2 heterocycles. The lowest BCUT2D eigenvalue weighted by molar-refractivity contribution is -0.120. The number of carbonyl (C=O) groups is 1. The number of aromatic amines is 1. The number of aromatic nitrogens is 3. The van der Waals surface area contributed by atoms with E-state index >= 15 is 0 Å². The van der Waals surface area contributed by atoms with E-state index in [0.717, 1.165) is 53.2 Å². The number of nitrogens with one attached hydrogen (secondary N) is 2. The molecule has 6 heteroatoms. The van der Waals surface area contributed by atoms with Crippen molar-refractivity contribution in [2.24, 2.45) is 0 Å². The standard InChI is InChI=1S/C24H24N4O2/c29-23(13-16-14-25-21-12-6-5-9-18(16)21)26-15-22-19-10-3-4-11-20(19)24(30)28(27-22)17-7-1-2-8-17/h3-6,9-12,14,17,25H,1-2,7-8,13,15H2,(H,26,29). The van der Waals surface area contributed by atoms with Gasteiger partial charge in [-0.3, -0.25) is 9.59 Å². The van der Waals surface area contributed by atoms with Crippen molar-refractivity contribution >= 4 is 27.6 Å². The lowest BCUT2D eigenvalue weighted by Gasteiger charge is -2.16. The lowest BCUT2D eigenvalue weighted by atomic mass is 10.1. The average molecular weight is 400 g/mol. The summed E-state index contributed by atoms with van der Waals surface area (Å²) in [5, 5.41) is 10.2. The van der Waals surface area contributed by atoms with Crippen LogP contribution in [0.2, 0.25) is 0 Å². The highest BCUT2D eigenvalue weighted by Crippen LogP contribution is 2.28. The molecule has 1 aliphatic rings. The number of rotatable bonds is 5. The molecule has 0 spiro atoms. The van der Waals surface area contributed by atoms with Gasteiger partial charge in [0.1, 0.15) is 0 Å². The Bertz CT molecular complexity index is 1280. The molecule has 0 atom stereocenters. The Morgan fingerprint density at radius 2 is 1.73 bits per heavy atom. The molecule has 4 aromatic rings. The van der Waals surface area contributed by atoms with Crippen LogP contribution in [0.4, 0.5) is 0 Å². The van der Waals surface area contributed by atoms with Crippen LogP contribution in [0.5, 0.6) is 0 Å². The molecule has 0 aliphatic heterocycles. The van der Waals surface area contributed by atoms with E-state index < -0.39 is 0 Å². The minimum Gasteiger partial charge on any atom is -0.361 e. The molecule has 30 heavy (non-hydrogen) atoms. The van der Waals surface area contributed by atoms with Gasteiger partial charge in [-0.25, -0.2) is 4.68 Å². The zero-order valence-electron chi connectivity index (χ0n) is 16.7. The molecule has 0 saturated heterocycles. The molecule has 6 nitrogen and oxygen atoms in total. The summed E-state index contributed by atoms with van der Waals surface area (Å²) in [4.78, 5) is 28.8. The first kappa shape index (κ1) is 18.6. The van der Waals surface area contributed by atoms with Crippen LogP contribution in [0.3, 0.4) is 0 Å². The summed E-state index contributed by atoms with van der Waals surface area (Å²) in [7, 11) is 0. The topological polar surface area (TPSA) is 79.8 Å². The molecule has 2 aromatic carbocycles. The van der Waals surface area contributed by atoms with Gasteiger partial charge in [-0.2, -0.15) is 5.10 Å². The Morgan fingerprint density at radius 3 is 2.53 bits per heavy atom. The number of hydrogen-bond donors (Lipinski definition) is 2. The van der Waals surface area contributed by atoms with E-state index in [2.05, 4.69) is 15.4 Å². The third-order valence-corrected chi connectivity index (χ3v) is 6.05. The molecule has 1 fully saturated rings. The van der Waals surface area contributed by atoms with Gasteiger partial charge < -0.3 is 10.3 Å². The zero-order valence-corrected chi connectivity index (χ0v) is 16.7. The van der Waals surface area contributed by atoms with Gasteiger partial charge in [0.15, 0.2) is 0 Å². The van der Waals surface area contributed by atoms with E-state index in [4.69, 9.17) is 0 Å². The minimum absolute atomic E-state index is 0.0358. The maximum atomic E-state index is 13.0. The Kier molecular flexibility index (Phi) is 4.83. The van der Waals surface area contributed by atoms with Gasteiger partial charge in [-0.15, -0.1) is 0 Å². The highest BCUT2D eigenvalue weighted by molar-refractivity contribution is 5.89. The van der Waals surface area contributed by atoms with Crippen molar-refractivity contribution in [1.82, 2.24) is 20.1 Å². The predicted molar refractivity (Wildman–Crippen MR) is 117 cm³/mol. The molecule has 2 aromatic heterocycles. The highest BCUT2D eigenvalue weighted by atomic mass is 16.1. The summed E-state index contributed by atoms with van der Waals surface area (Å²) in [6, 6.07) is 15.6. The summed E-state index contributed by atoms with van der Waals surface area (Å²) in [6.07, 6.45) is 6.40. The van der Waals surface area contributed by atoms with Crippen molar-refractivity contribution in [3.63, 3.8) is 0 Å². The van der Waals surface area contributed by atoms with Crippen molar-refractivity contribution in [2.45, 2.75) is 44.7 Å². The average Bonchev–Trinajstić information content (AvgIpc) is 3.44. The van der Waals surface area contributed by atoms with Crippen molar-refractivity contribution in [3.05, 3.63) is 76.3 Å². The Balaban J connectivity index is 1.40. The van der Waals surface area contributed by atoms with Gasteiger partial charge in [0.2, 0.25) is 5.91 Å². The van der Waals surface area contributed by atoms with Crippen LogP contribution in [0.1, 0.15) is 43.0 Å². The maximum Gasteiger partial charge on any atom is 0.274 e. The quantitative estimate of drug-likeness (QED) is 0.534. The smallest absolute Gasteiger partial charge is 0.274 e. The van der Waals surface area contributed by atoms with E-state index in [0.29, 0.717) is 18.4 Å². The Morgan fingerprint density at radius 1 is 1.03 bits per heavy atom. The predicted octanol–water partition coefficient (Wildman–Crippen LogP) is 3.85. The number of nitrogens with zero attached hydrogens (tertiary/aromatic N) is 2. The van der Waals surface area contributed by atoms with Crippen LogP contribution in [0.15, 0.2) is 59.5 Å². The molecule has 1 saturated carbocycles. The van der Waals surface area contributed by atoms with Crippen LogP contribution >= 0.6 is 0 Å². The summed E-state index contributed by atoms with van der Waals surface area (Å²) in [5.74, 6) is -0.0655. The SMILES string of the molecule is O=C(Cc1c[nH]c2ccccc12)NCc1nn(C2CCCC2)c(=O)c2ccccc12. The van der Waals surface area contributed by atoms with Gasteiger partial charge in [0, 0.05) is 22.5 Å². The summed E-state index contributed by atoms with van der Waals surface area (Å²) in [6.45, 7) is 0.300. The number of carbonyl (C=O) groups excluding carboxylic acids is 1. The molecule has 0 unspecified atom stereocenters. The molecule has 1 amide bonds. The first-order valence-corrected chi connectivity index (χ1v) is 10.5. The Labute approximate surface area is 173 Å². The molecule has 0 bridgehead atoms. The highest BCUT2D eigenvalue weighted by Gasteiger charge is 2.21. The van der Waals surface area contributed by atoms with Gasteiger partial charge in [0.25, 0.3) is 5.56 Å². The molecule has 0 radical (unpaired) electrons. The first-order valence-electron chi connectivity index (χ1n) is 10.5. The van der Waals surface area contributed by atoms with E-state index in [-0.39, 0.29) is 17.5 Å². The second kappa shape index (κ2) is 7.78. The number of fused-ring (bicyclic) bond motifs is 2. The van der Waals surface area contributed by atoms with Crippen LogP contribution in [-0.2, 0) is 17.8 Å². The second-order valence-electron chi connectivity index (χ2n) is 7.99. The van der Waals surface area contributed by atoms with Gasteiger partial charge in [0.05, 0.1) is 30.1 Å². The normalized spacial score (nSPS) is 14.5. The summed E-state index contributed by atoms with van der Waals surface area (Å²) < 4.78 is 1.65. The Hall–Kier alpha value is -3.41. The van der Waals surface area contributed by atoms with Crippen molar-refractivity contribution < 1.29 is 4.79 Å². The van der Waals surface area contributed by atoms with Crippen molar-refractivity contribution in [3.8, 4) is 0 Å². The van der Waals surface area contributed by atoms with E-state index in [1.54, 1.807) is 4.68 Å².